The van der Waals surface area contributed by atoms with E-state index in [4.69, 9.17) is 4.74 Å². The van der Waals surface area contributed by atoms with Crippen LogP contribution in [0, 0.1) is 11.7 Å². The van der Waals surface area contributed by atoms with E-state index < -0.39 is 0 Å². The summed E-state index contributed by atoms with van der Waals surface area (Å²) in [5, 5.41) is 3.40. The van der Waals surface area contributed by atoms with Crippen LogP contribution in [-0.2, 0) is 6.54 Å². The predicted octanol–water partition coefficient (Wildman–Crippen LogP) is 5.13. The second kappa shape index (κ2) is 7.57. The highest BCUT2D eigenvalue weighted by atomic mass is 79.9. The summed E-state index contributed by atoms with van der Waals surface area (Å²) in [6.45, 7) is 6.03. The second-order valence-electron chi connectivity index (χ2n) is 5.33. The fraction of sp³-hybridized carbons (Fsp3) is 0.294. The topological polar surface area (TPSA) is 21.3 Å². The number of nitrogens with one attached hydrogen (secondary N) is 1. The average molecular weight is 352 g/mol. The molecule has 0 heterocycles. The van der Waals surface area contributed by atoms with Crippen LogP contribution in [0.15, 0.2) is 46.9 Å². The minimum Gasteiger partial charge on any atom is -0.457 e. The van der Waals surface area contributed by atoms with Crippen LogP contribution in [0.4, 0.5) is 4.39 Å². The van der Waals surface area contributed by atoms with Crippen LogP contribution in [0.3, 0.4) is 0 Å². The lowest BCUT2D eigenvalue weighted by Crippen LogP contribution is -2.19. The molecule has 1 N–H and O–H groups in total. The van der Waals surface area contributed by atoms with E-state index in [0.717, 1.165) is 28.9 Å². The van der Waals surface area contributed by atoms with Gasteiger partial charge < -0.3 is 10.1 Å². The quantitative estimate of drug-likeness (QED) is 0.779. The molecule has 0 bridgehead atoms. The summed E-state index contributed by atoms with van der Waals surface area (Å²) < 4.78 is 19.8. The van der Waals surface area contributed by atoms with E-state index in [0.29, 0.717) is 11.7 Å². The molecule has 2 aromatic carbocycles. The van der Waals surface area contributed by atoms with E-state index in [1.165, 1.54) is 12.1 Å². The van der Waals surface area contributed by atoms with Gasteiger partial charge in [0.15, 0.2) is 0 Å². The van der Waals surface area contributed by atoms with Crippen molar-refractivity contribution in [3.63, 3.8) is 0 Å². The zero-order valence-corrected chi connectivity index (χ0v) is 13.8. The van der Waals surface area contributed by atoms with Gasteiger partial charge in [-0.15, -0.1) is 0 Å². The average Bonchev–Trinajstić information content (AvgIpc) is 2.43. The van der Waals surface area contributed by atoms with Crippen molar-refractivity contribution in [2.24, 2.45) is 5.92 Å². The van der Waals surface area contributed by atoms with E-state index in [1.807, 2.05) is 18.2 Å². The molecule has 0 atom stereocenters. The number of rotatable bonds is 6. The molecule has 0 aliphatic rings. The highest BCUT2D eigenvalue weighted by Crippen LogP contribution is 2.28. The van der Waals surface area contributed by atoms with Crippen molar-refractivity contribution in [1.29, 1.82) is 0 Å². The third-order valence-corrected chi connectivity index (χ3v) is 3.43. The summed E-state index contributed by atoms with van der Waals surface area (Å²) in [7, 11) is 0. The predicted molar refractivity (Wildman–Crippen MR) is 87.2 cm³/mol. The minimum atomic E-state index is -0.268. The number of hydrogen-bond donors (Lipinski definition) is 1. The number of ether oxygens (including phenoxy) is 1. The number of hydrogen-bond acceptors (Lipinski definition) is 2. The van der Waals surface area contributed by atoms with Crippen LogP contribution < -0.4 is 10.1 Å². The molecular formula is C17H19BrFNO. The van der Waals surface area contributed by atoms with Crippen molar-refractivity contribution in [3.8, 4) is 11.5 Å². The summed E-state index contributed by atoms with van der Waals surface area (Å²) in [5.41, 5.74) is 1.07. The maximum Gasteiger partial charge on any atom is 0.133 e. The molecule has 0 spiro atoms. The van der Waals surface area contributed by atoms with Gasteiger partial charge in [0.05, 0.1) is 0 Å². The molecule has 4 heteroatoms. The summed E-state index contributed by atoms with van der Waals surface area (Å²) in [4.78, 5) is 0. The Morgan fingerprint density at radius 1 is 1.14 bits per heavy atom. The van der Waals surface area contributed by atoms with Crippen molar-refractivity contribution in [1.82, 2.24) is 5.32 Å². The van der Waals surface area contributed by atoms with Crippen LogP contribution in [0.5, 0.6) is 11.5 Å². The third kappa shape index (κ3) is 5.14. The van der Waals surface area contributed by atoms with Gasteiger partial charge in [0.2, 0.25) is 0 Å². The normalized spacial score (nSPS) is 10.9. The van der Waals surface area contributed by atoms with Crippen molar-refractivity contribution in [2.45, 2.75) is 20.4 Å². The van der Waals surface area contributed by atoms with Gasteiger partial charge >= 0.3 is 0 Å². The van der Waals surface area contributed by atoms with Crippen LogP contribution in [0.1, 0.15) is 19.4 Å². The fourth-order valence-electron chi connectivity index (χ4n) is 1.89. The lowest BCUT2D eigenvalue weighted by molar-refractivity contribution is 0.467. The monoisotopic (exact) mass is 351 g/mol. The van der Waals surface area contributed by atoms with Gasteiger partial charge in [-0.25, -0.2) is 4.39 Å². The molecule has 21 heavy (non-hydrogen) atoms. The molecule has 2 rings (SSSR count). The van der Waals surface area contributed by atoms with E-state index >= 15 is 0 Å². The molecule has 112 valence electrons. The molecule has 0 fully saturated rings. The molecule has 0 amide bonds. The van der Waals surface area contributed by atoms with Crippen LogP contribution in [0.25, 0.3) is 0 Å². The Labute approximate surface area is 133 Å². The molecule has 0 radical (unpaired) electrons. The first-order chi connectivity index (χ1) is 10.0. The molecule has 0 unspecified atom stereocenters. The third-order valence-electron chi connectivity index (χ3n) is 2.94. The second-order valence-corrected chi connectivity index (χ2v) is 6.25. The molecule has 2 nitrogen and oxygen atoms in total. The van der Waals surface area contributed by atoms with Crippen LogP contribution >= 0.6 is 15.9 Å². The Morgan fingerprint density at radius 3 is 2.52 bits per heavy atom. The Bertz CT molecular complexity index is 584. The van der Waals surface area contributed by atoms with Gasteiger partial charge in [-0.1, -0.05) is 35.8 Å². The van der Waals surface area contributed by atoms with Gasteiger partial charge in [-0.3, -0.25) is 0 Å². The standard InChI is InChI=1S/C17H19BrFNO/c1-12(2)10-20-11-13-3-4-14(18)9-17(13)21-16-7-5-15(19)6-8-16/h3-9,12,20H,10-11H2,1-2H3. The first-order valence-electron chi connectivity index (χ1n) is 6.97. The summed E-state index contributed by atoms with van der Waals surface area (Å²) in [6, 6.07) is 12.0. The largest absolute Gasteiger partial charge is 0.457 e. The first kappa shape index (κ1) is 16.0. The maximum atomic E-state index is 12.9. The number of halogens is 2. The van der Waals surface area contributed by atoms with E-state index in [1.54, 1.807) is 12.1 Å². The Hall–Kier alpha value is -1.39. The van der Waals surface area contributed by atoms with Crippen LogP contribution in [0.2, 0.25) is 0 Å². The zero-order valence-electron chi connectivity index (χ0n) is 12.2. The van der Waals surface area contributed by atoms with Crippen molar-refractivity contribution in [3.05, 3.63) is 58.3 Å². The maximum absolute atomic E-state index is 12.9. The fourth-order valence-corrected chi connectivity index (χ4v) is 2.23. The Balaban J connectivity index is 2.12. The summed E-state index contributed by atoms with van der Waals surface area (Å²) >= 11 is 3.45. The molecule has 0 aliphatic heterocycles. The van der Waals surface area contributed by atoms with Crippen molar-refractivity contribution >= 4 is 15.9 Å². The lowest BCUT2D eigenvalue weighted by Gasteiger charge is -2.13. The molecule has 0 aromatic heterocycles. The van der Waals surface area contributed by atoms with Crippen LogP contribution in [-0.4, -0.2) is 6.54 Å². The minimum absolute atomic E-state index is 0.268. The van der Waals surface area contributed by atoms with Gasteiger partial charge in [-0.2, -0.15) is 0 Å². The highest BCUT2D eigenvalue weighted by Gasteiger charge is 2.07. The SMILES string of the molecule is CC(C)CNCc1ccc(Br)cc1Oc1ccc(F)cc1. The van der Waals surface area contributed by atoms with Gasteiger partial charge in [-0.05, 0) is 48.9 Å². The van der Waals surface area contributed by atoms with Gasteiger partial charge in [0, 0.05) is 16.6 Å². The Morgan fingerprint density at radius 2 is 1.86 bits per heavy atom. The molecule has 0 saturated carbocycles. The first-order valence-corrected chi connectivity index (χ1v) is 7.76. The lowest BCUT2D eigenvalue weighted by atomic mass is 10.2. The van der Waals surface area contributed by atoms with E-state index in [-0.39, 0.29) is 5.82 Å². The van der Waals surface area contributed by atoms with E-state index in [9.17, 15) is 4.39 Å². The van der Waals surface area contributed by atoms with Gasteiger partial charge in [0.25, 0.3) is 0 Å². The molecule has 2 aromatic rings. The highest BCUT2D eigenvalue weighted by molar-refractivity contribution is 9.10. The van der Waals surface area contributed by atoms with E-state index in [2.05, 4.69) is 35.1 Å². The molecule has 0 saturated heterocycles. The summed E-state index contributed by atoms with van der Waals surface area (Å²) in [5.74, 6) is 1.73. The smallest absolute Gasteiger partial charge is 0.133 e. The summed E-state index contributed by atoms with van der Waals surface area (Å²) in [6.07, 6.45) is 0. The molecule has 0 aliphatic carbocycles. The van der Waals surface area contributed by atoms with Crippen molar-refractivity contribution in [2.75, 3.05) is 6.54 Å². The number of benzene rings is 2. The zero-order chi connectivity index (χ0) is 15.2. The Kier molecular flexibility index (Phi) is 5.76. The van der Waals surface area contributed by atoms with Crippen molar-refractivity contribution < 1.29 is 9.13 Å². The molecular weight excluding hydrogens is 333 g/mol. The van der Waals surface area contributed by atoms with Gasteiger partial charge in [0.1, 0.15) is 17.3 Å².